The van der Waals surface area contributed by atoms with Crippen LogP contribution in [-0.4, -0.2) is 43.0 Å². The number of hydrogen-bond donors (Lipinski definition) is 2. The summed E-state index contributed by atoms with van der Waals surface area (Å²) in [7, 11) is 2.02. The van der Waals surface area contributed by atoms with Gasteiger partial charge in [-0.2, -0.15) is 0 Å². The largest absolute Gasteiger partial charge is 0.350 e. The van der Waals surface area contributed by atoms with Crippen LogP contribution in [0.5, 0.6) is 0 Å². The van der Waals surface area contributed by atoms with Gasteiger partial charge in [-0.15, -0.1) is 0 Å². The number of rotatable bonds is 1. The van der Waals surface area contributed by atoms with E-state index in [1.165, 1.54) is 0 Å². The van der Waals surface area contributed by atoms with Crippen molar-refractivity contribution < 1.29 is 4.79 Å². The normalized spacial score (nSPS) is 29.2. The van der Waals surface area contributed by atoms with Gasteiger partial charge in [-0.3, -0.25) is 4.79 Å². The highest BCUT2D eigenvalue weighted by Crippen LogP contribution is 2.14. The van der Waals surface area contributed by atoms with Crippen molar-refractivity contribution in [3.63, 3.8) is 0 Å². The molecule has 1 aliphatic heterocycles. The maximum atomic E-state index is 11.7. The molecule has 1 amide bonds. The number of nitrogens with one attached hydrogen (secondary N) is 1. The lowest BCUT2D eigenvalue weighted by Gasteiger charge is -2.23. The quantitative estimate of drug-likeness (QED) is 0.614. The molecule has 1 fully saturated rings. The number of nitrogens with zero attached hydrogens (tertiary/aromatic N) is 1. The second-order valence-electron chi connectivity index (χ2n) is 5.22. The third-order valence-corrected chi connectivity index (χ3v) is 2.55. The van der Waals surface area contributed by atoms with E-state index in [4.69, 9.17) is 5.73 Å². The fourth-order valence-corrected chi connectivity index (χ4v) is 1.57. The van der Waals surface area contributed by atoms with Crippen molar-refractivity contribution in [3.05, 3.63) is 0 Å². The van der Waals surface area contributed by atoms with Gasteiger partial charge in [0, 0.05) is 24.5 Å². The van der Waals surface area contributed by atoms with Gasteiger partial charge in [0.15, 0.2) is 0 Å². The molecule has 14 heavy (non-hydrogen) atoms. The van der Waals surface area contributed by atoms with Gasteiger partial charge in [-0.1, -0.05) is 20.8 Å². The highest BCUT2D eigenvalue weighted by molar-refractivity contribution is 5.81. The van der Waals surface area contributed by atoms with Crippen LogP contribution in [-0.2, 0) is 4.79 Å². The molecule has 1 rings (SSSR count). The Balaban J connectivity index is 2.49. The van der Waals surface area contributed by atoms with E-state index in [1.807, 2.05) is 27.8 Å². The number of likely N-dealkylation sites (N-methyl/N-ethyl adjacent to an activating group) is 1. The van der Waals surface area contributed by atoms with Crippen LogP contribution in [0.15, 0.2) is 0 Å². The molecular weight excluding hydrogens is 178 g/mol. The summed E-state index contributed by atoms with van der Waals surface area (Å²) in [6.45, 7) is 7.43. The fourth-order valence-electron chi connectivity index (χ4n) is 1.57. The first-order valence-corrected chi connectivity index (χ1v) is 5.06. The molecule has 0 aromatic carbocycles. The summed E-state index contributed by atoms with van der Waals surface area (Å²) in [6, 6.07) is 0.165. The molecule has 1 heterocycles. The highest BCUT2D eigenvalue weighted by atomic mass is 16.2. The molecule has 0 aromatic rings. The van der Waals surface area contributed by atoms with E-state index in [2.05, 4.69) is 10.2 Å². The van der Waals surface area contributed by atoms with E-state index < -0.39 is 0 Å². The topological polar surface area (TPSA) is 58.4 Å². The zero-order valence-electron chi connectivity index (χ0n) is 9.50. The lowest BCUT2D eigenvalue weighted by molar-refractivity contribution is -0.129. The van der Waals surface area contributed by atoms with Crippen molar-refractivity contribution in [1.82, 2.24) is 10.2 Å². The Bertz CT molecular complexity index is 222. The molecule has 1 aliphatic rings. The minimum Gasteiger partial charge on any atom is -0.350 e. The van der Waals surface area contributed by atoms with E-state index in [0.29, 0.717) is 0 Å². The first-order valence-electron chi connectivity index (χ1n) is 5.06. The molecule has 2 unspecified atom stereocenters. The molecule has 0 aromatic heterocycles. The Morgan fingerprint density at radius 2 is 2.00 bits per heavy atom. The molecule has 0 bridgehead atoms. The van der Waals surface area contributed by atoms with E-state index >= 15 is 0 Å². The summed E-state index contributed by atoms with van der Waals surface area (Å²) >= 11 is 0. The smallest absolute Gasteiger partial charge is 0.225 e. The summed E-state index contributed by atoms with van der Waals surface area (Å²) in [5.74, 6) is 0.0771. The van der Waals surface area contributed by atoms with Gasteiger partial charge in [-0.05, 0) is 7.05 Å². The van der Waals surface area contributed by atoms with Crippen LogP contribution in [0.3, 0.4) is 0 Å². The molecule has 2 atom stereocenters. The molecule has 82 valence electrons. The third-order valence-electron chi connectivity index (χ3n) is 2.55. The van der Waals surface area contributed by atoms with Gasteiger partial charge in [-0.25, -0.2) is 0 Å². The average Bonchev–Trinajstić information content (AvgIpc) is 2.28. The molecule has 1 saturated heterocycles. The number of likely N-dealkylation sites (tertiary alicyclic amines) is 1. The number of carbonyl (C=O) groups is 1. The Morgan fingerprint density at radius 1 is 1.43 bits per heavy atom. The Labute approximate surface area is 85.8 Å². The maximum absolute atomic E-state index is 11.7. The molecule has 4 heteroatoms. The van der Waals surface area contributed by atoms with Crippen LogP contribution < -0.4 is 11.1 Å². The van der Waals surface area contributed by atoms with Crippen molar-refractivity contribution >= 4 is 5.91 Å². The van der Waals surface area contributed by atoms with E-state index in [9.17, 15) is 4.79 Å². The van der Waals surface area contributed by atoms with Gasteiger partial charge < -0.3 is 16.0 Å². The van der Waals surface area contributed by atoms with Crippen LogP contribution in [0, 0.1) is 5.41 Å². The molecule has 0 aliphatic carbocycles. The van der Waals surface area contributed by atoms with Gasteiger partial charge in [0.2, 0.25) is 5.91 Å². The zero-order chi connectivity index (χ0) is 10.9. The molecule has 0 saturated carbocycles. The predicted molar refractivity (Wildman–Crippen MR) is 56.9 cm³/mol. The van der Waals surface area contributed by atoms with Crippen LogP contribution in [0.25, 0.3) is 0 Å². The average molecular weight is 199 g/mol. The minimum absolute atomic E-state index is 0.0614. The SMILES string of the molecule is CN1CC(N)C(NC(=O)C(C)(C)C)C1. The van der Waals surface area contributed by atoms with E-state index in [0.717, 1.165) is 13.1 Å². The fraction of sp³-hybridized carbons (Fsp3) is 0.900. The van der Waals surface area contributed by atoms with Gasteiger partial charge >= 0.3 is 0 Å². The summed E-state index contributed by atoms with van der Waals surface area (Å²) in [5.41, 5.74) is 5.57. The lowest BCUT2D eigenvalue weighted by Crippen LogP contribution is -2.50. The van der Waals surface area contributed by atoms with Crippen molar-refractivity contribution in [2.24, 2.45) is 11.1 Å². The second kappa shape index (κ2) is 3.87. The molecule has 3 N–H and O–H groups in total. The van der Waals surface area contributed by atoms with Crippen LogP contribution >= 0.6 is 0 Å². The van der Waals surface area contributed by atoms with Gasteiger partial charge in [0.05, 0.1) is 6.04 Å². The Morgan fingerprint density at radius 3 is 2.36 bits per heavy atom. The molecule has 0 spiro atoms. The highest BCUT2D eigenvalue weighted by Gasteiger charge is 2.31. The third kappa shape index (κ3) is 2.69. The summed E-state index contributed by atoms with van der Waals surface area (Å²) in [5, 5.41) is 2.99. The Kier molecular flexibility index (Phi) is 3.17. The maximum Gasteiger partial charge on any atom is 0.225 e. The predicted octanol–water partition coefficient (Wildman–Crippen LogP) is -0.210. The van der Waals surface area contributed by atoms with E-state index in [1.54, 1.807) is 0 Å². The monoisotopic (exact) mass is 199 g/mol. The van der Waals surface area contributed by atoms with Crippen molar-refractivity contribution in [2.75, 3.05) is 20.1 Å². The summed E-state index contributed by atoms with van der Waals surface area (Å²) in [6.07, 6.45) is 0. The first-order chi connectivity index (χ1) is 6.30. The number of hydrogen-bond acceptors (Lipinski definition) is 3. The molecule has 4 nitrogen and oxygen atoms in total. The van der Waals surface area contributed by atoms with Crippen molar-refractivity contribution in [3.8, 4) is 0 Å². The van der Waals surface area contributed by atoms with E-state index in [-0.39, 0.29) is 23.4 Å². The van der Waals surface area contributed by atoms with Crippen molar-refractivity contribution in [1.29, 1.82) is 0 Å². The first kappa shape index (κ1) is 11.5. The van der Waals surface area contributed by atoms with Crippen LogP contribution in [0.4, 0.5) is 0 Å². The van der Waals surface area contributed by atoms with Crippen molar-refractivity contribution in [2.45, 2.75) is 32.9 Å². The molecule has 0 radical (unpaired) electrons. The number of carbonyl (C=O) groups excluding carboxylic acids is 1. The number of amides is 1. The zero-order valence-corrected chi connectivity index (χ0v) is 9.50. The minimum atomic E-state index is -0.332. The summed E-state index contributed by atoms with van der Waals surface area (Å²) < 4.78 is 0. The lowest BCUT2D eigenvalue weighted by atomic mass is 9.95. The summed E-state index contributed by atoms with van der Waals surface area (Å²) in [4.78, 5) is 13.8. The Hall–Kier alpha value is -0.610. The van der Waals surface area contributed by atoms with Crippen LogP contribution in [0.2, 0.25) is 0 Å². The van der Waals surface area contributed by atoms with Crippen LogP contribution in [0.1, 0.15) is 20.8 Å². The number of nitrogens with two attached hydrogens (primary N) is 1. The second-order valence-corrected chi connectivity index (χ2v) is 5.22. The van der Waals surface area contributed by atoms with Gasteiger partial charge in [0.1, 0.15) is 0 Å². The van der Waals surface area contributed by atoms with Gasteiger partial charge in [0.25, 0.3) is 0 Å². The standard InChI is InChI=1S/C10H21N3O/c1-10(2,3)9(14)12-8-6-13(4)5-7(8)11/h7-8H,5-6,11H2,1-4H3,(H,12,14). The molecular formula is C10H21N3O.